The standard InChI is InChI=1S/C12H9ClN3O2S/c13-6-7-3-8-5-9(12-14-1-2-19-12)15-11(8)10(4-7)16(17)18/h1,3-5,15H,2,6H2. The number of hydrogen-bond acceptors (Lipinski definition) is 4. The molecule has 5 nitrogen and oxygen atoms in total. The maximum atomic E-state index is 11.1. The summed E-state index contributed by atoms with van der Waals surface area (Å²) >= 11 is 7.37. The molecule has 0 saturated carbocycles. The summed E-state index contributed by atoms with van der Waals surface area (Å²) in [5.41, 5.74) is 2.11. The first kappa shape index (κ1) is 12.5. The number of aliphatic imine (C=N–C) groups is 1. The van der Waals surface area contributed by atoms with Gasteiger partial charge in [-0.1, -0.05) is 0 Å². The number of nitrogens with one attached hydrogen (secondary N) is 1. The lowest BCUT2D eigenvalue weighted by Crippen LogP contribution is -1.93. The maximum Gasteiger partial charge on any atom is 0.293 e. The summed E-state index contributed by atoms with van der Waals surface area (Å²) in [6, 6.07) is 5.24. The van der Waals surface area contributed by atoms with E-state index in [4.69, 9.17) is 11.6 Å². The molecule has 97 valence electrons. The van der Waals surface area contributed by atoms with E-state index in [-0.39, 0.29) is 11.6 Å². The van der Waals surface area contributed by atoms with Gasteiger partial charge in [0.2, 0.25) is 0 Å². The third kappa shape index (κ3) is 2.21. The quantitative estimate of drug-likeness (QED) is 0.535. The van der Waals surface area contributed by atoms with Crippen molar-refractivity contribution in [2.45, 2.75) is 5.88 Å². The van der Waals surface area contributed by atoms with Gasteiger partial charge in [0.15, 0.2) is 0 Å². The third-order valence-electron chi connectivity index (χ3n) is 2.85. The number of rotatable bonds is 3. The second-order valence-electron chi connectivity index (χ2n) is 4.08. The second kappa shape index (κ2) is 4.86. The zero-order chi connectivity index (χ0) is 13.4. The molecular weight excluding hydrogens is 286 g/mol. The van der Waals surface area contributed by atoms with Crippen LogP contribution in [0.3, 0.4) is 0 Å². The molecule has 0 unspecified atom stereocenters. The van der Waals surface area contributed by atoms with Crippen LogP contribution in [0.15, 0.2) is 23.2 Å². The molecule has 1 aromatic heterocycles. The predicted octanol–water partition coefficient (Wildman–Crippen LogP) is 3.47. The molecule has 7 heteroatoms. The lowest BCUT2D eigenvalue weighted by Gasteiger charge is -1.98. The van der Waals surface area contributed by atoms with Gasteiger partial charge in [0.05, 0.1) is 17.2 Å². The van der Waals surface area contributed by atoms with Gasteiger partial charge in [0.1, 0.15) is 10.6 Å². The van der Waals surface area contributed by atoms with Crippen molar-refractivity contribution in [1.29, 1.82) is 0 Å². The number of aromatic amines is 1. The highest BCUT2D eigenvalue weighted by molar-refractivity contribution is 8.14. The van der Waals surface area contributed by atoms with E-state index in [0.717, 1.165) is 27.4 Å². The number of thioether (sulfide) groups is 1. The van der Waals surface area contributed by atoms with Crippen molar-refractivity contribution >= 4 is 45.0 Å². The van der Waals surface area contributed by atoms with Crippen molar-refractivity contribution in [3.05, 3.63) is 46.1 Å². The van der Waals surface area contributed by atoms with E-state index >= 15 is 0 Å². The van der Waals surface area contributed by atoms with Crippen molar-refractivity contribution < 1.29 is 4.92 Å². The Hall–Kier alpha value is -1.53. The molecule has 1 aromatic carbocycles. The Bertz CT molecular complexity index is 696. The molecular formula is C12H9ClN3O2S. The minimum absolute atomic E-state index is 0.0481. The highest BCUT2D eigenvalue weighted by Crippen LogP contribution is 2.31. The van der Waals surface area contributed by atoms with Crippen LogP contribution >= 0.6 is 23.4 Å². The number of non-ortho nitro benzene ring substituents is 1. The normalized spacial score (nSPS) is 14.9. The first-order valence-electron chi connectivity index (χ1n) is 5.57. The molecule has 0 saturated heterocycles. The van der Waals surface area contributed by atoms with Gasteiger partial charge in [0, 0.05) is 23.1 Å². The topological polar surface area (TPSA) is 71.3 Å². The Labute approximate surface area is 118 Å². The number of alkyl halides is 1. The number of aromatic nitrogens is 1. The smallest absolute Gasteiger partial charge is 0.293 e. The van der Waals surface area contributed by atoms with Crippen LogP contribution in [0.2, 0.25) is 0 Å². The van der Waals surface area contributed by atoms with Gasteiger partial charge in [-0.2, -0.15) is 0 Å². The van der Waals surface area contributed by atoms with E-state index in [1.807, 2.05) is 18.7 Å². The molecule has 0 fully saturated rings. The summed E-state index contributed by atoms with van der Waals surface area (Å²) in [6.45, 7) is 1.82. The van der Waals surface area contributed by atoms with Crippen LogP contribution in [0.25, 0.3) is 10.9 Å². The van der Waals surface area contributed by atoms with Crippen LogP contribution in [0, 0.1) is 16.7 Å². The number of nitro benzene ring substituents is 1. The molecule has 0 amide bonds. The largest absolute Gasteiger partial charge is 0.347 e. The molecule has 2 heterocycles. The zero-order valence-electron chi connectivity index (χ0n) is 9.72. The third-order valence-corrected chi connectivity index (χ3v) is 4.07. The number of halogens is 1. The molecule has 19 heavy (non-hydrogen) atoms. The highest BCUT2D eigenvalue weighted by atomic mass is 35.5. The van der Waals surface area contributed by atoms with Gasteiger partial charge in [-0.05, 0) is 17.7 Å². The average Bonchev–Trinajstić information content (AvgIpc) is 3.05. The van der Waals surface area contributed by atoms with Crippen LogP contribution in [0.5, 0.6) is 0 Å². The first-order valence-corrected chi connectivity index (χ1v) is 7.09. The van der Waals surface area contributed by atoms with E-state index in [0.29, 0.717) is 5.52 Å². The Morgan fingerprint density at radius 2 is 2.32 bits per heavy atom. The SMILES string of the molecule is O=[N+]([O-])c1cc(CCl)cc2cc(C3=N[CH]CS3)[nH]c12. The molecule has 2 aromatic rings. The van der Waals surface area contributed by atoms with E-state index in [1.54, 1.807) is 11.8 Å². The van der Waals surface area contributed by atoms with Gasteiger partial charge >= 0.3 is 0 Å². The van der Waals surface area contributed by atoms with Crippen LogP contribution in [-0.2, 0) is 5.88 Å². The molecule has 1 radical (unpaired) electrons. The fraction of sp³-hybridized carbons (Fsp3) is 0.167. The van der Waals surface area contributed by atoms with Gasteiger partial charge in [-0.25, -0.2) is 0 Å². The minimum Gasteiger partial charge on any atom is -0.347 e. The highest BCUT2D eigenvalue weighted by Gasteiger charge is 2.19. The van der Waals surface area contributed by atoms with Crippen LogP contribution in [-0.4, -0.2) is 20.7 Å². The number of fused-ring (bicyclic) bond motifs is 1. The summed E-state index contributed by atoms with van der Waals surface area (Å²) in [7, 11) is 0. The fourth-order valence-corrected chi connectivity index (χ4v) is 2.92. The lowest BCUT2D eigenvalue weighted by molar-refractivity contribution is -0.383. The number of nitrogens with zero attached hydrogens (tertiary/aromatic N) is 2. The molecule has 3 rings (SSSR count). The molecule has 0 bridgehead atoms. The monoisotopic (exact) mass is 294 g/mol. The predicted molar refractivity (Wildman–Crippen MR) is 77.8 cm³/mol. The summed E-state index contributed by atoms with van der Waals surface area (Å²) in [5.74, 6) is 1.08. The Kier molecular flexibility index (Phi) is 3.20. The Balaban J connectivity index is 2.20. The molecule has 0 aliphatic carbocycles. The molecule has 0 atom stereocenters. The molecule has 1 aliphatic heterocycles. The second-order valence-corrected chi connectivity index (χ2v) is 5.36. The van der Waals surface area contributed by atoms with Crippen molar-refractivity contribution in [3.63, 3.8) is 0 Å². The van der Waals surface area contributed by atoms with Gasteiger partial charge < -0.3 is 4.98 Å². The fourth-order valence-electron chi connectivity index (χ4n) is 2.04. The molecule has 1 N–H and O–H groups in total. The van der Waals surface area contributed by atoms with Crippen molar-refractivity contribution in [2.75, 3.05) is 5.75 Å². The van der Waals surface area contributed by atoms with E-state index in [2.05, 4.69) is 9.98 Å². The maximum absolute atomic E-state index is 11.1. The van der Waals surface area contributed by atoms with Crippen LogP contribution in [0.4, 0.5) is 5.69 Å². The van der Waals surface area contributed by atoms with Gasteiger partial charge in [0.25, 0.3) is 5.69 Å². The number of hydrogen-bond donors (Lipinski definition) is 1. The van der Waals surface area contributed by atoms with Crippen molar-refractivity contribution in [3.8, 4) is 0 Å². The van der Waals surface area contributed by atoms with Crippen LogP contribution in [0.1, 0.15) is 11.3 Å². The van der Waals surface area contributed by atoms with E-state index < -0.39 is 4.92 Å². The molecule has 1 aliphatic rings. The lowest BCUT2D eigenvalue weighted by atomic mass is 10.1. The summed E-state index contributed by atoms with van der Waals surface area (Å²) < 4.78 is 0. The van der Waals surface area contributed by atoms with E-state index in [9.17, 15) is 10.1 Å². The summed E-state index contributed by atoms with van der Waals surface area (Å²) in [4.78, 5) is 18.0. The summed E-state index contributed by atoms with van der Waals surface area (Å²) in [6.07, 6.45) is 0. The van der Waals surface area contributed by atoms with Gasteiger partial charge in [-0.3, -0.25) is 15.1 Å². The summed E-state index contributed by atoms with van der Waals surface area (Å²) in [5, 5.41) is 12.8. The number of H-pyrrole nitrogens is 1. The van der Waals surface area contributed by atoms with Gasteiger partial charge in [-0.15, -0.1) is 23.4 Å². The Morgan fingerprint density at radius 1 is 1.47 bits per heavy atom. The van der Waals surface area contributed by atoms with Crippen molar-refractivity contribution in [2.24, 2.45) is 4.99 Å². The van der Waals surface area contributed by atoms with E-state index in [1.165, 1.54) is 6.07 Å². The average molecular weight is 295 g/mol. The zero-order valence-corrected chi connectivity index (χ0v) is 11.3. The first-order chi connectivity index (χ1) is 9.19. The molecule has 0 spiro atoms. The Morgan fingerprint density at radius 3 is 2.95 bits per heavy atom. The van der Waals surface area contributed by atoms with Crippen molar-refractivity contribution in [1.82, 2.24) is 4.98 Å². The number of nitro groups is 1. The minimum atomic E-state index is -0.394. The number of benzene rings is 1. The van der Waals surface area contributed by atoms with Crippen LogP contribution < -0.4 is 0 Å².